The number of methoxy groups -OCH3 is 1. The summed E-state index contributed by atoms with van der Waals surface area (Å²) in [5, 5.41) is 3.74. The quantitative estimate of drug-likeness (QED) is 0.635. The molecule has 120 valence electrons. The van der Waals surface area contributed by atoms with Gasteiger partial charge in [-0.1, -0.05) is 18.2 Å². The van der Waals surface area contributed by atoms with Crippen molar-refractivity contribution in [1.29, 1.82) is 0 Å². The van der Waals surface area contributed by atoms with Gasteiger partial charge in [0.05, 0.1) is 13.3 Å². The molecule has 23 heavy (non-hydrogen) atoms. The molecule has 6 nitrogen and oxygen atoms in total. The van der Waals surface area contributed by atoms with E-state index in [1.54, 1.807) is 7.11 Å². The number of urea groups is 1. The van der Waals surface area contributed by atoms with Gasteiger partial charge in [-0.3, -0.25) is 0 Å². The Bertz CT molecular complexity index is 714. The monoisotopic (exact) mass is 313 g/mol. The van der Waals surface area contributed by atoms with E-state index in [2.05, 4.69) is 10.5 Å². The standard InChI is InChI=1S/C17H19N3O3/c1-12-5-3-4-6-15(12)23-11-14-9-13(7-8-16(14)22-2)10-19-20-17(18)21/h3-10H,11H2,1-2H3,(H3,18,20,21). The molecule has 2 aromatic carbocycles. The molecule has 0 atom stereocenters. The number of nitrogens with one attached hydrogen (secondary N) is 1. The first-order valence-corrected chi connectivity index (χ1v) is 7.04. The molecule has 0 fully saturated rings. The summed E-state index contributed by atoms with van der Waals surface area (Å²) in [7, 11) is 1.61. The maximum atomic E-state index is 10.6. The van der Waals surface area contributed by atoms with Crippen LogP contribution >= 0.6 is 0 Å². The Morgan fingerprint density at radius 2 is 2.04 bits per heavy atom. The molecule has 0 radical (unpaired) electrons. The smallest absolute Gasteiger partial charge is 0.332 e. The zero-order chi connectivity index (χ0) is 16.7. The number of rotatable bonds is 6. The number of primary amides is 1. The molecule has 0 spiro atoms. The van der Waals surface area contributed by atoms with Gasteiger partial charge in [-0.05, 0) is 42.3 Å². The Labute approximate surface area is 134 Å². The van der Waals surface area contributed by atoms with Gasteiger partial charge in [-0.25, -0.2) is 10.2 Å². The van der Waals surface area contributed by atoms with E-state index in [-0.39, 0.29) is 0 Å². The molecule has 2 amide bonds. The van der Waals surface area contributed by atoms with Crippen LogP contribution in [0.4, 0.5) is 4.79 Å². The predicted octanol–water partition coefficient (Wildman–Crippen LogP) is 2.58. The van der Waals surface area contributed by atoms with Crippen LogP contribution < -0.4 is 20.6 Å². The van der Waals surface area contributed by atoms with Gasteiger partial charge in [-0.15, -0.1) is 0 Å². The summed E-state index contributed by atoms with van der Waals surface area (Å²) in [6.45, 7) is 2.35. The number of benzene rings is 2. The Balaban J connectivity index is 2.14. The van der Waals surface area contributed by atoms with Gasteiger partial charge in [-0.2, -0.15) is 5.10 Å². The van der Waals surface area contributed by atoms with Gasteiger partial charge >= 0.3 is 6.03 Å². The number of hydrogen-bond acceptors (Lipinski definition) is 4. The minimum atomic E-state index is -0.710. The van der Waals surface area contributed by atoms with Crippen LogP contribution in [0.3, 0.4) is 0 Å². The second kappa shape index (κ2) is 7.84. The van der Waals surface area contributed by atoms with Gasteiger partial charge in [0.15, 0.2) is 0 Å². The van der Waals surface area contributed by atoms with E-state index in [0.29, 0.717) is 6.61 Å². The van der Waals surface area contributed by atoms with Crippen LogP contribution in [0.25, 0.3) is 0 Å². The summed E-state index contributed by atoms with van der Waals surface area (Å²) < 4.78 is 11.2. The lowest BCUT2D eigenvalue weighted by Crippen LogP contribution is -2.24. The highest BCUT2D eigenvalue weighted by atomic mass is 16.5. The molecule has 0 saturated carbocycles. The average molecular weight is 313 g/mol. The van der Waals surface area contributed by atoms with Crippen molar-refractivity contribution < 1.29 is 14.3 Å². The number of carbonyl (C=O) groups excluding carboxylic acids is 1. The number of ether oxygens (including phenoxy) is 2. The molecule has 2 rings (SSSR count). The second-order valence-electron chi connectivity index (χ2n) is 4.86. The molecule has 6 heteroatoms. The molecule has 0 aromatic heterocycles. The number of hydrazone groups is 1. The first kappa shape index (κ1) is 16.4. The molecular weight excluding hydrogens is 294 g/mol. The topological polar surface area (TPSA) is 85.9 Å². The minimum Gasteiger partial charge on any atom is -0.496 e. The van der Waals surface area contributed by atoms with Crippen LogP contribution in [-0.4, -0.2) is 19.4 Å². The lowest BCUT2D eigenvalue weighted by atomic mass is 10.1. The largest absolute Gasteiger partial charge is 0.496 e. The summed E-state index contributed by atoms with van der Waals surface area (Å²) in [5.41, 5.74) is 9.84. The van der Waals surface area contributed by atoms with Crippen molar-refractivity contribution >= 4 is 12.2 Å². The van der Waals surface area contributed by atoms with Gasteiger partial charge in [0.25, 0.3) is 0 Å². The van der Waals surface area contributed by atoms with Crippen LogP contribution in [0.1, 0.15) is 16.7 Å². The lowest BCUT2D eigenvalue weighted by Gasteiger charge is -2.12. The van der Waals surface area contributed by atoms with Crippen molar-refractivity contribution in [2.45, 2.75) is 13.5 Å². The SMILES string of the molecule is COc1ccc(C=NNC(N)=O)cc1COc1ccccc1C. The van der Waals surface area contributed by atoms with Crippen LogP contribution in [0.15, 0.2) is 47.6 Å². The number of hydrogen-bond donors (Lipinski definition) is 2. The van der Waals surface area contributed by atoms with Crippen molar-refractivity contribution in [3.63, 3.8) is 0 Å². The molecule has 3 N–H and O–H groups in total. The third-order valence-corrected chi connectivity index (χ3v) is 3.17. The second-order valence-corrected chi connectivity index (χ2v) is 4.86. The van der Waals surface area contributed by atoms with E-state index in [1.807, 2.05) is 49.4 Å². The molecule has 0 bridgehead atoms. The van der Waals surface area contributed by atoms with E-state index < -0.39 is 6.03 Å². The van der Waals surface area contributed by atoms with Crippen molar-refractivity contribution in [3.05, 3.63) is 59.2 Å². The molecule has 0 heterocycles. The molecule has 0 unspecified atom stereocenters. The lowest BCUT2D eigenvalue weighted by molar-refractivity contribution is 0.249. The maximum Gasteiger partial charge on any atom is 0.332 e. The van der Waals surface area contributed by atoms with Gasteiger partial charge in [0.2, 0.25) is 0 Å². The Kier molecular flexibility index (Phi) is 5.57. The molecular formula is C17H19N3O3. The molecule has 0 aliphatic rings. The van der Waals surface area contributed by atoms with Crippen molar-refractivity contribution in [2.75, 3.05) is 7.11 Å². The van der Waals surface area contributed by atoms with E-state index in [9.17, 15) is 4.79 Å². The first-order chi connectivity index (χ1) is 11.1. The van der Waals surface area contributed by atoms with Crippen LogP contribution in [-0.2, 0) is 6.61 Å². The number of aryl methyl sites for hydroxylation is 1. The van der Waals surface area contributed by atoms with E-state index in [1.165, 1.54) is 6.21 Å². The highest BCUT2D eigenvalue weighted by Crippen LogP contribution is 2.23. The summed E-state index contributed by atoms with van der Waals surface area (Å²) >= 11 is 0. The van der Waals surface area contributed by atoms with Crippen LogP contribution in [0.5, 0.6) is 11.5 Å². The van der Waals surface area contributed by atoms with E-state index in [0.717, 1.165) is 28.2 Å². The zero-order valence-corrected chi connectivity index (χ0v) is 13.1. The minimum absolute atomic E-state index is 0.360. The number of amides is 2. The summed E-state index contributed by atoms with van der Waals surface area (Å²) in [6, 6.07) is 12.6. The fourth-order valence-electron chi connectivity index (χ4n) is 2.04. The summed E-state index contributed by atoms with van der Waals surface area (Å²) in [6.07, 6.45) is 1.50. The van der Waals surface area contributed by atoms with Crippen molar-refractivity contribution in [1.82, 2.24) is 5.43 Å². The molecule has 0 aliphatic carbocycles. The van der Waals surface area contributed by atoms with Gasteiger partial charge < -0.3 is 15.2 Å². The third-order valence-electron chi connectivity index (χ3n) is 3.17. The third kappa shape index (κ3) is 4.74. The van der Waals surface area contributed by atoms with Crippen LogP contribution in [0, 0.1) is 6.92 Å². The highest BCUT2D eigenvalue weighted by Gasteiger charge is 2.06. The van der Waals surface area contributed by atoms with Gasteiger partial charge in [0, 0.05) is 5.56 Å². The summed E-state index contributed by atoms with van der Waals surface area (Å²) in [5.74, 6) is 1.54. The van der Waals surface area contributed by atoms with Crippen molar-refractivity contribution in [2.24, 2.45) is 10.8 Å². The van der Waals surface area contributed by atoms with E-state index >= 15 is 0 Å². The average Bonchev–Trinajstić information content (AvgIpc) is 2.54. The van der Waals surface area contributed by atoms with Crippen LogP contribution in [0.2, 0.25) is 0 Å². The number of carbonyl (C=O) groups is 1. The highest BCUT2D eigenvalue weighted by molar-refractivity contribution is 5.82. The maximum absolute atomic E-state index is 10.6. The normalized spacial score (nSPS) is 10.5. The zero-order valence-electron chi connectivity index (χ0n) is 13.1. The molecule has 0 aliphatic heterocycles. The van der Waals surface area contributed by atoms with E-state index in [4.69, 9.17) is 15.2 Å². The number of nitrogens with two attached hydrogens (primary N) is 1. The first-order valence-electron chi connectivity index (χ1n) is 7.04. The Morgan fingerprint density at radius 3 is 2.74 bits per heavy atom. The van der Waals surface area contributed by atoms with Crippen molar-refractivity contribution in [3.8, 4) is 11.5 Å². The fraction of sp³-hybridized carbons (Fsp3) is 0.176. The summed E-state index contributed by atoms with van der Waals surface area (Å²) in [4.78, 5) is 10.6. The Hall–Kier alpha value is -3.02. The number of nitrogens with zero attached hydrogens (tertiary/aromatic N) is 1. The molecule has 2 aromatic rings. The van der Waals surface area contributed by atoms with Gasteiger partial charge in [0.1, 0.15) is 18.1 Å². The fourth-order valence-corrected chi connectivity index (χ4v) is 2.04. The molecule has 0 saturated heterocycles. The Morgan fingerprint density at radius 1 is 1.26 bits per heavy atom. The predicted molar refractivity (Wildman–Crippen MR) is 88.8 cm³/mol. The number of para-hydroxylation sites is 1.